The third-order valence-electron chi connectivity index (χ3n) is 8.61. The molecule has 2 N–H and O–H groups in total. The average Bonchev–Trinajstić information content (AvgIpc) is 3.67. The maximum Gasteiger partial charge on any atom is 0.471 e. The van der Waals surface area contributed by atoms with Gasteiger partial charge in [-0.1, -0.05) is 50.2 Å². The summed E-state index contributed by atoms with van der Waals surface area (Å²) >= 11 is 0. The number of amides is 2. The fourth-order valence-corrected chi connectivity index (χ4v) is 7.55. The minimum absolute atomic E-state index is 0.0962. The van der Waals surface area contributed by atoms with E-state index in [4.69, 9.17) is 14.2 Å². The minimum atomic E-state index is -5.19. The van der Waals surface area contributed by atoms with Crippen LogP contribution in [0.5, 0.6) is 0 Å². The number of alkyl halides is 3. The summed E-state index contributed by atoms with van der Waals surface area (Å²) in [5, 5.41) is 23.5. The molecule has 0 bridgehead atoms. The Balaban J connectivity index is 1.62. The van der Waals surface area contributed by atoms with Crippen molar-refractivity contribution in [2.24, 2.45) is 11.3 Å². The second-order valence-corrected chi connectivity index (χ2v) is 14.9. The highest BCUT2D eigenvalue weighted by atomic mass is 32.2. The number of benzene rings is 2. The molecule has 2 saturated heterocycles. The molecule has 0 spiro atoms. The third-order valence-corrected chi connectivity index (χ3v) is 10.4. The zero-order chi connectivity index (χ0) is 36.0. The molecule has 2 amide bonds. The number of hydrogen-bond donors (Lipinski definition) is 2. The number of alkyl carbamates (subject to hydrolysis) is 1. The van der Waals surface area contributed by atoms with Crippen molar-refractivity contribution >= 4 is 27.7 Å². The number of hydrogen-bond acceptors (Lipinski definition) is 9. The molecular formula is C33H41F3N4O8S. The van der Waals surface area contributed by atoms with E-state index in [2.05, 4.69) is 5.32 Å². The number of aliphatic hydroxyl groups excluding tert-OH is 1. The normalized spacial score (nSPS) is 20.7. The number of ether oxygens (including phenoxy) is 3. The van der Waals surface area contributed by atoms with E-state index in [0.717, 1.165) is 23.0 Å². The van der Waals surface area contributed by atoms with Crippen molar-refractivity contribution in [1.82, 2.24) is 9.62 Å². The van der Waals surface area contributed by atoms with Crippen LogP contribution in [0.2, 0.25) is 0 Å². The number of nitrogens with one attached hydrogen (secondary N) is 1. The molecule has 2 aliphatic heterocycles. The minimum Gasteiger partial charge on any atom is -0.443 e. The first-order valence-electron chi connectivity index (χ1n) is 15.8. The van der Waals surface area contributed by atoms with Gasteiger partial charge in [0.15, 0.2) is 6.29 Å². The van der Waals surface area contributed by atoms with Crippen LogP contribution in [0.1, 0.15) is 38.7 Å². The standard InChI is InChI=1S/C33H41F3N4O8S/c1-32(2,14-8-15-37)21-40(49(44,45)24-12-7-11-23(18-24)39(3)30(42)33(34,35)36)19-27(41)26(17-22-9-5-4-6-10-22)38-31(43)48-28-20-47-29-25(28)13-16-46-29/h4-7,9-12,18,25-29,41H,8,13-14,16-17,19-21H2,1-3H3,(H,38,43)/t25-,26-,27+,28-,29+/m0/s1. The molecule has 0 radical (unpaired) electrons. The Kier molecular flexibility index (Phi) is 12.3. The van der Waals surface area contributed by atoms with E-state index in [9.17, 15) is 41.5 Å². The number of anilines is 1. The number of nitrogens with zero attached hydrogens (tertiary/aromatic N) is 3. The lowest BCUT2D eigenvalue weighted by Crippen LogP contribution is -2.52. The van der Waals surface area contributed by atoms with Gasteiger partial charge in [0.05, 0.1) is 42.2 Å². The molecule has 49 heavy (non-hydrogen) atoms. The van der Waals surface area contributed by atoms with Gasteiger partial charge in [0.1, 0.15) is 6.10 Å². The lowest BCUT2D eigenvalue weighted by molar-refractivity contribution is -0.170. The summed E-state index contributed by atoms with van der Waals surface area (Å²) in [7, 11) is -3.66. The van der Waals surface area contributed by atoms with Crippen LogP contribution in [0.15, 0.2) is 59.5 Å². The van der Waals surface area contributed by atoms with Crippen molar-refractivity contribution in [1.29, 1.82) is 5.26 Å². The predicted molar refractivity (Wildman–Crippen MR) is 170 cm³/mol. The predicted octanol–water partition coefficient (Wildman–Crippen LogP) is 3.99. The van der Waals surface area contributed by atoms with Gasteiger partial charge in [-0.05, 0) is 48.4 Å². The van der Waals surface area contributed by atoms with Crippen LogP contribution in [0, 0.1) is 22.7 Å². The first kappa shape index (κ1) is 38.1. The molecule has 4 rings (SSSR count). The number of halogens is 3. The summed E-state index contributed by atoms with van der Waals surface area (Å²) < 4.78 is 85.5. The third kappa shape index (κ3) is 9.92. The highest BCUT2D eigenvalue weighted by Crippen LogP contribution is 2.33. The van der Waals surface area contributed by atoms with Crippen molar-refractivity contribution in [3.8, 4) is 6.07 Å². The van der Waals surface area contributed by atoms with E-state index in [1.165, 1.54) is 18.2 Å². The zero-order valence-electron chi connectivity index (χ0n) is 27.4. The molecule has 2 fully saturated rings. The highest BCUT2D eigenvalue weighted by Gasteiger charge is 2.45. The number of fused-ring (bicyclic) bond motifs is 1. The molecule has 16 heteroatoms. The lowest BCUT2D eigenvalue weighted by atomic mass is 9.88. The van der Waals surface area contributed by atoms with Crippen LogP contribution in [0.4, 0.5) is 23.7 Å². The monoisotopic (exact) mass is 710 g/mol. The van der Waals surface area contributed by atoms with Gasteiger partial charge in [0.25, 0.3) is 0 Å². The van der Waals surface area contributed by atoms with Gasteiger partial charge in [-0.15, -0.1) is 0 Å². The summed E-state index contributed by atoms with van der Waals surface area (Å²) in [6.45, 7) is 3.36. The maximum absolute atomic E-state index is 14.2. The first-order valence-corrected chi connectivity index (χ1v) is 17.2. The summed E-state index contributed by atoms with van der Waals surface area (Å²) in [5.74, 6) is -2.32. The molecule has 268 valence electrons. The topological polar surface area (TPSA) is 158 Å². The van der Waals surface area contributed by atoms with Gasteiger partial charge < -0.3 is 29.5 Å². The summed E-state index contributed by atoms with van der Waals surface area (Å²) in [6, 6.07) is 14.4. The molecular weight excluding hydrogens is 669 g/mol. The Hall–Kier alpha value is -3.75. The lowest BCUT2D eigenvalue weighted by Gasteiger charge is -2.35. The molecule has 0 unspecified atom stereocenters. The number of carbonyl (C=O) groups excluding carboxylic acids is 2. The molecule has 0 aromatic heterocycles. The van der Waals surface area contributed by atoms with Gasteiger partial charge in [-0.25, -0.2) is 13.2 Å². The van der Waals surface area contributed by atoms with Gasteiger partial charge >= 0.3 is 18.2 Å². The molecule has 2 aromatic rings. The van der Waals surface area contributed by atoms with Crippen LogP contribution in [0.3, 0.4) is 0 Å². The summed E-state index contributed by atoms with van der Waals surface area (Å²) in [5.41, 5.74) is -0.369. The maximum atomic E-state index is 14.2. The summed E-state index contributed by atoms with van der Waals surface area (Å²) in [6.07, 6.45) is -7.42. The van der Waals surface area contributed by atoms with E-state index >= 15 is 0 Å². The second-order valence-electron chi connectivity index (χ2n) is 13.0. The van der Waals surface area contributed by atoms with Crippen LogP contribution in [-0.2, 0) is 35.4 Å². The molecule has 0 saturated carbocycles. The van der Waals surface area contributed by atoms with Gasteiger partial charge in [0.2, 0.25) is 10.0 Å². The molecule has 2 heterocycles. The van der Waals surface area contributed by atoms with Gasteiger partial charge in [-0.3, -0.25) is 4.79 Å². The van der Waals surface area contributed by atoms with E-state index in [1.807, 2.05) is 6.07 Å². The first-order chi connectivity index (χ1) is 23.0. The second kappa shape index (κ2) is 15.9. The largest absolute Gasteiger partial charge is 0.471 e. The fourth-order valence-electron chi connectivity index (χ4n) is 5.87. The van der Waals surface area contributed by atoms with Crippen molar-refractivity contribution < 1.29 is 50.5 Å². The van der Waals surface area contributed by atoms with Crippen LogP contribution < -0.4 is 10.2 Å². The van der Waals surface area contributed by atoms with Gasteiger partial charge in [0, 0.05) is 32.2 Å². The zero-order valence-corrected chi connectivity index (χ0v) is 28.2. The Morgan fingerprint density at radius 3 is 2.53 bits per heavy atom. The van der Waals surface area contributed by atoms with Gasteiger partial charge in [-0.2, -0.15) is 22.7 Å². The van der Waals surface area contributed by atoms with E-state index in [0.29, 0.717) is 24.3 Å². The Bertz CT molecular complexity index is 1600. The number of sulfonamides is 1. The highest BCUT2D eigenvalue weighted by molar-refractivity contribution is 7.89. The Labute approximate surface area is 283 Å². The molecule has 5 atom stereocenters. The smallest absolute Gasteiger partial charge is 0.443 e. The molecule has 2 aliphatic rings. The number of nitriles is 1. The fraction of sp³-hybridized carbons (Fsp3) is 0.545. The van der Waals surface area contributed by atoms with Crippen LogP contribution in [0.25, 0.3) is 0 Å². The van der Waals surface area contributed by atoms with Crippen molar-refractivity contribution in [2.45, 2.75) is 75.1 Å². The molecule has 2 aromatic carbocycles. The average molecular weight is 711 g/mol. The number of aliphatic hydroxyl groups is 1. The Morgan fingerprint density at radius 1 is 1.14 bits per heavy atom. The molecule has 12 nitrogen and oxygen atoms in total. The van der Waals surface area contributed by atoms with Crippen LogP contribution in [-0.4, -0.2) is 93.9 Å². The van der Waals surface area contributed by atoms with E-state index in [1.54, 1.807) is 44.2 Å². The Morgan fingerprint density at radius 2 is 1.86 bits per heavy atom. The van der Waals surface area contributed by atoms with Crippen molar-refractivity contribution in [2.75, 3.05) is 38.3 Å². The van der Waals surface area contributed by atoms with Crippen molar-refractivity contribution in [3.05, 3.63) is 60.2 Å². The van der Waals surface area contributed by atoms with E-state index in [-0.39, 0.29) is 37.6 Å². The van der Waals surface area contributed by atoms with Crippen molar-refractivity contribution in [3.63, 3.8) is 0 Å². The molecule has 0 aliphatic carbocycles. The number of rotatable bonds is 14. The number of carbonyl (C=O) groups is 2. The van der Waals surface area contributed by atoms with Crippen LogP contribution >= 0.6 is 0 Å². The summed E-state index contributed by atoms with van der Waals surface area (Å²) in [4.78, 5) is 24.9. The quantitative estimate of drug-likeness (QED) is 0.296. The van der Waals surface area contributed by atoms with E-state index < -0.39 is 69.6 Å². The SMILES string of the molecule is CN(C(=O)C(F)(F)F)c1cccc(S(=O)(=O)N(C[C@@H](O)[C@H](Cc2ccccc2)NC(=O)O[C@H]2CO[C@H]3OCC[C@H]32)CC(C)(C)CCC#N)c1.